The number of nitrogens with one attached hydrogen (secondary N) is 1. The SMILES string of the molecule is NC(N)=NC(=O)Nc1cccc(S(=O)(=O)CCl)c1. The van der Waals surface area contributed by atoms with Gasteiger partial charge in [0.2, 0.25) is 0 Å². The van der Waals surface area contributed by atoms with Crippen LogP contribution in [0.2, 0.25) is 0 Å². The molecule has 18 heavy (non-hydrogen) atoms. The lowest BCUT2D eigenvalue weighted by molar-refractivity contribution is 0.259. The summed E-state index contributed by atoms with van der Waals surface area (Å²) < 4.78 is 23.0. The summed E-state index contributed by atoms with van der Waals surface area (Å²) in [6, 6.07) is 4.79. The number of alkyl halides is 1. The third kappa shape index (κ3) is 3.90. The monoisotopic (exact) mass is 290 g/mol. The van der Waals surface area contributed by atoms with Crippen molar-refractivity contribution < 1.29 is 13.2 Å². The van der Waals surface area contributed by atoms with E-state index in [-0.39, 0.29) is 10.6 Å². The van der Waals surface area contributed by atoms with E-state index < -0.39 is 27.0 Å². The maximum Gasteiger partial charge on any atom is 0.348 e. The Morgan fingerprint density at radius 3 is 2.61 bits per heavy atom. The van der Waals surface area contributed by atoms with Crippen molar-refractivity contribution in [2.45, 2.75) is 4.90 Å². The van der Waals surface area contributed by atoms with E-state index in [0.29, 0.717) is 0 Å². The smallest absolute Gasteiger partial charge is 0.348 e. The fourth-order valence-electron chi connectivity index (χ4n) is 1.10. The number of hydrogen-bond donors (Lipinski definition) is 3. The number of sulfone groups is 1. The summed E-state index contributed by atoms with van der Waals surface area (Å²) in [5, 5.41) is 1.77. The van der Waals surface area contributed by atoms with Crippen molar-refractivity contribution in [3.8, 4) is 0 Å². The number of carbonyl (C=O) groups is 1. The molecule has 5 N–H and O–H groups in total. The van der Waals surface area contributed by atoms with E-state index in [4.69, 9.17) is 23.1 Å². The molecule has 0 aliphatic rings. The van der Waals surface area contributed by atoms with Gasteiger partial charge in [-0.15, -0.1) is 11.6 Å². The molecule has 0 bridgehead atoms. The predicted molar refractivity (Wildman–Crippen MR) is 69.2 cm³/mol. The fourth-order valence-corrected chi connectivity index (χ4v) is 2.20. The van der Waals surface area contributed by atoms with E-state index in [9.17, 15) is 13.2 Å². The molecule has 0 aliphatic carbocycles. The maximum atomic E-state index is 11.5. The quantitative estimate of drug-likeness (QED) is 0.423. The van der Waals surface area contributed by atoms with Crippen molar-refractivity contribution in [3.05, 3.63) is 24.3 Å². The van der Waals surface area contributed by atoms with Gasteiger partial charge < -0.3 is 16.8 Å². The summed E-state index contributed by atoms with van der Waals surface area (Å²) in [6.45, 7) is 0. The van der Waals surface area contributed by atoms with Crippen molar-refractivity contribution in [2.75, 3.05) is 10.5 Å². The number of halogens is 1. The van der Waals surface area contributed by atoms with Crippen LogP contribution in [0.5, 0.6) is 0 Å². The Morgan fingerprint density at radius 2 is 2.06 bits per heavy atom. The minimum atomic E-state index is -3.55. The van der Waals surface area contributed by atoms with Gasteiger partial charge in [-0.3, -0.25) is 0 Å². The van der Waals surface area contributed by atoms with Gasteiger partial charge in [0.15, 0.2) is 15.8 Å². The standard InChI is InChI=1S/C9H11ClN4O3S/c10-5-18(16,17)7-3-1-2-6(4-7)13-9(15)14-8(11)12/h1-4H,5H2,(H5,11,12,13,14,15). The number of aliphatic imine (C=N–C) groups is 1. The van der Waals surface area contributed by atoms with Gasteiger partial charge in [-0.05, 0) is 18.2 Å². The van der Waals surface area contributed by atoms with E-state index in [1.807, 2.05) is 0 Å². The Balaban J connectivity index is 2.97. The van der Waals surface area contributed by atoms with Crippen LogP contribution in [0.4, 0.5) is 10.5 Å². The van der Waals surface area contributed by atoms with Gasteiger partial charge in [-0.2, -0.15) is 4.99 Å². The summed E-state index contributed by atoms with van der Waals surface area (Å²) in [6.07, 6.45) is 0. The topological polar surface area (TPSA) is 128 Å². The number of nitrogens with zero attached hydrogens (tertiary/aromatic N) is 1. The van der Waals surface area contributed by atoms with E-state index in [0.717, 1.165) is 0 Å². The van der Waals surface area contributed by atoms with Crippen LogP contribution in [0.3, 0.4) is 0 Å². The predicted octanol–water partition coefficient (Wildman–Crippen LogP) is 0.462. The number of anilines is 1. The molecule has 0 radical (unpaired) electrons. The second kappa shape index (κ2) is 5.69. The van der Waals surface area contributed by atoms with Gasteiger partial charge in [-0.1, -0.05) is 6.07 Å². The number of guanidine groups is 1. The van der Waals surface area contributed by atoms with Gasteiger partial charge >= 0.3 is 6.03 Å². The first-order chi connectivity index (χ1) is 8.35. The molecule has 1 aromatic carbocycles. The Labute approximate surface area is 109 Å². The van der Waals surface area contributed by atoms with Gasteiger partial charge in [0.25, 0.3) is 0 Å². The summed E-state index contributed by atoms with van der Waals surface area (Å²) in [5.74, 6) is -0.392. The lowest BCUT2D eigenvalue weighted by Crippen LogP contribution is -2.25. The Kier molecular flexibility index (Phi) is 4.51. The molecule has 9 heteroatoms. The zero-order chi connectivity index (χ0) is 13.8. The number of rotatable bonds is 3. The van der Waals surface area contributed by atoms with Crippen molar-refractivity contribution in [3.63, 3.8) is 0 Å². The molecule has 0 atom stereocenters. The normalized spacial score (nSPS) is 10.7. The molecular weight excluding hydrogens is 280 g/mol. The Bertz CT molecular complexity index is 581. The third-order valence-electron chi connectivity index (χ3n) is 1.82. The number of nitrogens with two attached hydrogens (primary N) is 2. The van der Waals surface area contributed by atoms with Gasteiger partial charge in [0, 0.05) is 5.69 Å². The van der Waals surface area contributed by atoms with Crippen molar-refractivity contribution in [2.24, 2.45) is 16.5 Å². The highest BCUT2D eigenvalue weighted by Gasteiger charge is 2.13. The number of benzene rings is 1. The van der Waals surface area contributed by atoms with E-state index in [1.165, 1.54) is 24.3 Å². The molecular formula is C9H11ClN4O3S. The second-order valence-corrected chi connectivity index (χ2v) is 5.79. The van der Waals surface area contributed by atoms with Crippen LogP contribution >= 0.6 is 11.6 Å². The van der Waals surface area contributed by atoms with Crippen LogP contribution in [-0.2, 0) is 9.84 Å². The van der Waals surface area contributed by atoms with Crippen molar-refractivity contribution in [1.82, 2.24) is 0 Å². The molecule has 7 nitrogen and oxygen atoms in total. The highest BCUT2D eigenvalue weighted by atomic mass is 35.5. The fraction of sp³-hybridized carbons (Fsp3) is 0.111. The minimum absolute atomic E-state index is 0.000000000000000444. The molecule has 0 saturated carbocycles. The highest BCUT2D eigenvalue weighted by molar-refractivity contribution is 7.92. The minimum Gasteiger partial charge on any atom is -0.370 e. The molecule has 0 unspecified atom stereocenters. The number of urea groups is 1. The average Bonchev–Trinajstić information content (AvgIpc) is 2.28. The van der Waals surface area contributed by atoms with Crippen molar-refractivity contribution in [1.29, 1.82) is 0 Å². The number of hydrogen-bond acceptors (Lipinski definition) is 3. The zero-order valence-electron chi connectivity index (χ0n) is 9.13. The van der Waals surface area contributed by atoms with Crippen LogP contribution in [0.1, 0.15) is 0 Å². The number of amides is 2. The van der Waals surface area contributed by atoms with Crippen LogP contribution in [0.25, 0.3) is 0 Å². The molecule has 0 spiro atoms. The van der Waals surface area contributed by atoms with E-state index >= 15 is 0 Å². The molecule has 1 rings (SSSR count). The Hall–Kier alpha value is -1.80. The number of carbonyl (C=O) groups excluding carboxylic acids is 1. The molecule has 0 aliphatic heterocycles. The molecule has 0 aromatic heterocycles. The van der Waals surface area contributed by atoms with Crippen LogP contribution in [0, 0.1) is 0 Å². The van der Waals surface area contributed by atoms with Gasteiger partial charge in [0.05, 0.1) is 4.90 Å². The average molecular weight is 291 g/mol. The maximum absolute atomic E-state index is 11.5. The van der Waals surface area contributed by atoms with E-state index in [2.05, 4.69) is 10.3 Å². The lowest BCUT2D eigenvalue weighted by Gasteiger charge is -2.05. The largest absolute Gasteiger partial charge is 0.370 e. The molecule has 2 amide bonds. The van der Waals surface area contributed by atoms with Crippen molar-refractivity contribution >= 4 is 39.1 Å². The summed E-state index contributed by atoms with van der Waals surface area (Å²) in [5.41, 5.74) is 10.3. The molecule has 98 valence electrons. The van der Waals surface area contributed by atoms with Crippen LogP contribution < -0.4 is 16.8 Å². The lowest BCUT2D eigenvalue weighted by atomic mass is 10.3. The summed E-state index contributed by atoms with van der Waals surface area (Å²) >= 11 is 5.32. The zero-order valence-corrected chi connectivity index (χ0v) is 10.7. The highest BCUT2D eigenvalue weighted by Crippen LogP contribution is 2.17. The third-order valence-corrected chi connectivity index (χ3v) is 3.94. The van der Waals surface area contributed by atoms with Gasteiger partial charge in [0.1, 0.15) is 5.21 Å². The summed E-state index contributed by atoms with van der Waals surface area (Å²) in [7, 11) is -3.55. The van der Waals surface area contributed by atoms with Gasteiger partial charge in [-0.25, -0.2) is 13.2 Å². The van der Waals surface area contributed by atoms with E-state index in [1.54, 1.807) is 0 Å². The second-order valence-electron chi connectivity index (χ2n) is 3.22. The summed E-state index contributed by atoms with van der Waals surface area (Å²) in [4.78, 5) is 14.5. The first-order valence-electron chi connectivity index (χ1n) is 4.64. The van der Waals surface area contributed by atoms with Crippen LogP contribution in [-0.4, -0.2) is 25.6 Å². The molecule has 0 heterocycles. The first-order valence-corrected chi connectivity index (χ1v) is 6.83. The molecule has 0 fully saturated rings. The molecule has 1 aromatic rings. The first kappa shape index (κ1) is 14.3. The van der Waals surface area contributed by atoms with Crippen LogP contribution in [0.15, 0.2) is 34.2 Å². The molecule has 0 saturated heterocycles. The Morgan fingerprint density at radius 1 is 1.39 bits per heavy atom.